The highest BCUT2D eigenvalue weighted by Gasteiger charge is 2.22. The Balaban J connectivity index is 1.80. The molecule has 94 valence electrons. The molecule has 2 rings (SSSR count). The smallest absolute Gasteiger partial charge is 0.0543 e. The van der Waals surface area contributed by atoms with Crippen molar-refractivity contribution in [2.75, 3.05) is 6.54 Å². The minimum absolute atomic E-state index is 0.100. The average molecular weight is 274 g/mol. The van der Waals surface area contributed by atoms with E-state index in [1.807, 2.05) is 12.1 Å². The normalized spacial score (nSPS) is 24.2. The molecule has 0 bridgehead atoms. The molecule has 2 nitrogen and oxygen atoms in total. The fourth-order valence-electron chi connectivity index (χ4n) is 2.32. The zero-order valence-corrected chi connectivity index (χ0v) is 11.1. The topological polar surface area (TPSA) is 32.3 Å². The van der Waals surface area contributed by atoms with Gasteiger partial charge in [-0.1, -0.05) is 23.2 Å². The largest absolute Gasteiger partial charge is 0.393 e. The summed E-state index contributed by atoms with van der Waals surface area (Å²) in [5.74, 6) is 0.586. The van der Waals surface area contributed by atoms with Gasteiger partial charge in [0.05, 0.1) is 6.10 Å². The number of benzene rings is 1. The first kappa shape index (κ1) is 13.2. The van der Waals surface area contributed by atoms with Crippen LogP contribution in [-0.2, 0) is 6.54 Å². The minimum Gasteiger partial charge on any atom is -0.393 e. The molecule has 0 spiro atoms. The molecule has 0 saturated heterocycles. The van der Waals surface area contributed by atoms with E-state index in [1.54, 1.807) is 6.07 Å². The van der Waals surface area contributed by atoms with Crippen LogP contribution in [0.2, 0.25) is 10.0 Å². The van der Waals surface area contributed by atoms with Crippen molar-refractivity contribution in [1.29, 1.82) is 0 Å². The molecule has 1 fully saturated rings. The van der Waals surface area contributed by atoms with Gasteiger partial charge in [-0.25, -0.2) is 0 Å². The van der Waals surface area contributed by atoms with Crippen molar-refractivity contribution in [2.45, 2.75) is 31.9 Å². The van der Waals surface area contributed by atoms with Gasteiger partial charge in [-0.2, -0.15) is 0 Å². The zero-order chi connectivity index (χ0) is 12.3. The van der Waals surface area contributed by atoms with Crippen LogP contribution in [-0.4, -0.2) is 17.8 Å². The van der Waals surface area contributed by atoms with Crippen molar-refractivity contribution < 1.29 is 5.11 Å². The molecular weight excluding hydrogens is 257 g/mol. The van der Waals surface area contributed by atoms with Crippen molar-refractivity contribution in [3.8, 4) is 0 Å². The van der Waals surface area contributed by atoms with Crippen LogP contribution in [0.5, 0.6) is 0 Å². The summed E-state index contributed by atoms with van der Waals surface area (Å²) < 4.78 is 0. The van der Waals surface area contributed by atoms with Gasteiger partial charge in [0.2, 0.25) is 0 Å². The third-order valence-electron chi connectivity index (χ3n) is 3.27. The number of hydrogen-bond donors (Lipinski definition) is 2. The SMILES string of the molecule is OC1CCC(CNCc2cc(Cl)ccc2Cl)C1. The highest BCUT2D eigenvalue weighted by molar-refractivity contribution is 6.33. The average Bonchev–Trinajstić information content (AvgIpc) is 2.69. The minimum atomic E-state index is -0.100. The Morgan fingerprint density at radius 2 is 2.12 bits per heavy atom. The molecule has 0 aromatic heterocycles. The number of nitrogens with one attached hydrogen (secondary N) is 1. The van der Waals surface area contributed by atoms with Crippen molar-refractivity contribution in [3.05, 3.63) is 33.8 Å². The van der Waals surface area contributed by atoms with Crippen LogP contribution in [0.15, 0.2) is 18.2 Å². The van der Waals surface area contributed by atoms with Crippen LogP contribution in [0.25, 0.3) is 0 Å². The molecule has 2 unspecified atom stereocenters. The van der Waals surface area contributed by atoms with E-state index in [0.717, 1.165) is 42.9 Å². The van der Waals surface area contributed by atoms with Crippen molar-refractivity contribution in [3.63, 3.8) is 0 Å². The summed E-state index contributed by atoms with van der Waals surface area (Å²) in [5.41, 5.74) is 1.03. The monoisotopic (exact) mass is 273 g/mol. The van der Waals surface area contributed by atoms with Gasteiger partial charge in [0.1, 0.15) is 0 Å². The predicted molar refractivity (Wildman–Crippen MR) is 71.5 cm³/mol. The highest BCUT2D eigenvalue weighted by atomic mass is 35.5. The van der Waals surface area contributed by atoms with Gasteiger partial charge in [0.15, 0.2) is 0 Å². The third kappa shape index (κ3) is 3.85. The van der Waals surface area contributed by atoms with E-state index in [-0.39, 0.29) is 6.10 Å². The van der Waals surface area contributed by atoms with Gasteiger partial charge in [0, 0.05) is 16.6 Å². The van der Waals surface area contributed by atoms with Crippen molar-refractivity contribution in [2.24, 2.45) is 5.92 Å². The molecule has 0 aliphatic heterocycles. The Hall–Kier alpha value is -0.280. The summed E-state index contributed by atoms with van der Waals surface area (Å²) in [7, 11) is 0. The van der Waals surface area contributed by atoms with E-state index in [9.17, 15) is 5.11 Å². The quantitative estimate of drug-likeness (QED) is 0.883. The molecule has 0 amide bonds. The lowest BCUT2D eigenvalue weighted by atomic mass is 10.1. The summed E-state index contributed by atoms with van der Waals surface area (Å²) in [6.07, 6.45) is 2.86. The first-order valence-electron chi connectivity index (χ1n) is 5.98. The molecule has 1 aliphatic rings. The summed E-state index contributed by atoms with van der Waals surface area (Å²) in [6.45, 7) is 1.66. The Kier molecular flexibility index (Phi) is 4.69. The molecule has 1 aliphatic carbocycles. The number of rotatable bonds is 4. The lowest BCUT2D eigenvalue weighted by Gasteiger charge is -2.11. The van der Waals surface area contributed by atoms with Gasteiger partial charge in [-0.05, 0) is 55.5 Å². The molecule has 4 heteroatoms. The maximum atomic E-state index is 9.43. The first-order valence-corrected chi connectivity index (χ1v) is 6.73. The molecule has 0 heterocycles. The van der Waals surface area contributed by atoms with E-state index >= 15 is 0 Å². The molecule has 17 heavy (non-hydrogen) atoms. The molecular formula is C13H17Cl2NO. The fraction of sp³-hybridized carbons (Fsp3) is 0.538. The molecule has 2 N–H and O–H groups in total. The number of halogens is 2. The van der Waals surface area contributed by atoms with E-state index < -0.39 is 0 Å². The lowest BCUT2D eigenvalue weighted by molar-refractivity contribution is 0.177. The van der Waals surface area contributed by atoms with Gasteiger partial charge in [-0.3, -0.25) is 0 Å². The van der Waals surface area contributed by atoms with E-state index in [1.165, 1.54) is 0 Å². The second-order valence-electron chi connectivity index (χ2n) is 4.70. The molecule has 1 aromatic rings. The molecule has 1 saturated carbocycles. The van der Waals surface area contributed by atoms with Gasteiger partial charge in [0.25, 0.3) is 0 Å². The Morgan fingerprint density at radius 3 is 2.82 bits per heavy atom. The Morgan fingerprint density at radius 1 is 1.29 bits per heavy atom. The summed E-state index contributed by atoms with van der Waals surface area (Å²) in [6, 6.07) is 5.50. The number of aliphatic hydroxyl groups is 1. The number of hydrogen-bond acceptors (Lipinski definition) is 2. The highest BCUT2D eigenvalue weighted by Crippen LogP contribution is 2.25. The zero-order valence-electron chi connectivity index (χ0n) is 9.63. The Bertz CT molecular complexity index is 384. The number of aliphatic hydroxyl groups excluding tert-OH is 1. The molecule has 0 radical (unpaired) electrons. The van der Waals surface area contributed by atoms with Crippen LogP contribution in [0.3, 0.4) is 0 Å². The maximum absolute atomic E-state index is 9.43. The lowest BCUT2D eigenvalue weighted by Crippen LogP contribution is -2.21. The van der Waals surface area contributed by atoms with E-state index in [4.69, 9.17) is 23.2 Å². The summed E-state index contributed by atoms with van der Waals surface area (Å²) in [5, 5.41) is 14.3. The standard InChI is InChI=1S/C13H17Cl2NO/c14-11-2-4-13(15)10(6-11)8-16-7-9-1-3-12(17)5-9/h2,4,6,9,12,16-17H,1,3,5,7-8H2. The van der Waals surface area contributed by atoms with E-state index in [2.05, 4.69) is 5.32 Å². The fourth-order valence-corrected chi connectivity index (χ4v) is 2.70. The van der Waals surface area contributed by atoms with Crippen LogP contribution < -0.4 is 5.32 Å². The van der Waals surface area contributed by atoms with Crippen molar-refractivity contribution >= 4 is 23.2 Å². The maximum Gasteiger partial charge on any atom is 0.0543 e. The first-order chi connectivity index (χ1) is 8.15. The Labute approximate surface area is 112 Å². The van der Waals surface area contributed by atoms with Crippen LogP contribution in [0.4, 0.5) is 0 Å². The predicted octanol–water partition coefficient (Wildman–Crippen LogP) is 3.24. The summed E-state index contributed by atoms with van der Waals surface area (Å²) in [4.78, 5) is 0. The van der Waals surface area contributed by atoms with Crippen molar-refractivity contribution in [1.82, 2.24) is 5.32 Å². The second-order valence-corrected chi connectivity index (χ2v) is 5.54. The second kappa shape index (κ2) is 6.05. The van der Waals surface area contributed by atoms with E-state index in [0.29, 0.717) is 10.9 Å². The van der Waals surface area contributed by atoms with Gasteiger partial charge >= 0.3 is 0 Å². The van der Waals surface area contributed by atoms with Gasteiger partial charge in [-0.15, -0.1) is 0 Å². The van der Waals surface area contributed by atoms with Gasteiger partial charge < -0.3 is 10.4 Å². The summed E-state index contributed by atoms with van der Waals surface area (Å²) >= 11 is 12.0. The third-order valence-corrected chi connectivity index (χ3v) is 3.87. The molecule has 2 atom stereocenters. The van der Waals surface area contributed by atoms with Crippen LogP contribution in [0.1, 0.15) is 24.8 Å². The molecule has 1 aromatic carbocycles. The van der Waals surface area contributed by atoms with Crippen LogP contribution >= 0.6 is 23.2 Å². The van der Waals surface area contributed by atoms with Crippen LogP contribution in [0, 0.1) is 5.92 Å².